The number of aromatic nitrogens is 2. The van der Waals surface area contributed by atoms with E-state index < -0.39 is 0 Å². The van der Waals surface area contributed by atoms with Gasteiger partial charge in [-0.05, 0) is 42.0 Å². The Hall–Kier alpha value is -3.86. The van der Waals surface area contributed by atoms with Crippen molar-refractivity contribution in [2.24, 2.45) is 0 Å². The van der Waals surface area contributed by atoms with Crippen molar-refractivity contribution in [2.45, 2.75) is 0 Å². The van der Waals surface area contributed by atoms with Gasteiger partial charge < -0.3 is 14.5 Å². The van der Waals surface area contributed by atoms with Crippen molar-refractivity contribution in [2.75, 3.05) is 14.2 Å². The van der Waals surface area contributed by atoms with E-state index in [-0.39, 0.29) is 5.56 Å². The summed E-state index contributed by atoms with van der Waals surface area (Å²) in [7, 11) is 3.24. The van der Waals surface area contributed by atoms with Gasteiger partial charge in [-0.2, -0.15) is 0 Å². The maximum Gasteiger partial charge on any atom is 0.256 e. The second-order valence-corrected chi connectivity index (χ2v) is 6.47. The Bertz CT molecular complexity index is 1180. The van der Waals surface area contributed by atoms with E-state index in [9.17, 15) is 4.79 Å². The molecule has 0 saturated heterocycles. The van der Waals surface area contributed by atoms with E-state index in [4.69, 9.17) is 9.47 Å². The Morgan fingerprint density at radius 3 is 2.17 bits per heavy atom. The van der Waals surface area contributed by atoms with Crippen LogP contribution in [0.2, 0.25) is 0 Å². The highest BCUT2D eigenvalue weighted by molar-refractivity contribution is 5.85. The lowest BCUT2D eigenvalue weighted by molar-refractivity contribution is 0.415. The molecule has 0 amide bonds. The number of ether oxygens (including phenoxy) is 2. The smallest absolute Gasteiger partial charge is 0.256 e. The summed E-state index contributed by atoms with van der Waals surface area (Å²) in [6.45, 7) is 0. The molecule has 0 aliphatic rings. The number of rotatable bonds is 5. The SMILES string of the molecule is COc1ccc(-c2cc(-c3ccccc3OC)c(=O)[nH]c2-c2ccncc2)cc1. The number of nitrogens with one attached hydrogen (secondary N) is 1. The van der Waals surface area contributed by atoms with Crippen molar-refractivity contribution in [1.82, 2.24) is 9.97 Å². The summed E-state index contributed by atoms with van der Waals surface area (Å²) < 4.78 is 10.7. The van der Waals surface area contributed by atoms with Crippen LogP contribution < -0.4 is 15.0 Å². The van der Waals surface area contributed by atoms with Gasteiger partial charge in [-0.25, -0.2) is 0 Å². The summed E-state index contributed by atoms with van der Waals surface area (Å²) >= 11 is 0. The Labute approximate surface area is 168 Å². The number of benzene rings is 2. The molecule has 0 aliphatic heterocycles. The van der Waals surface area contributed by atoms with E-state index in [0.717, 1.165) is 33.7 Å². The third-order valence-electron chi connectivity index (χ3n) is 4.81. The predicted octanol–water partition coefficient (Wildman–Crippen LogP) is 4.79. The van der Waals surface area contributed by atoms with Crippen LogP contribution in [0.5, 0.6) is 11.5 Å². The fourth-order valence-electron chi connectivity index (χ4n) is 3.34. The molecule has 0 saturated carbocycles. The molecule has 4 aromatic rings. The number of nitrogens with zero attached hydrogens (tertiary/aromatic N) is 1. The number of hydrogen-bond donors (Lipinski definition) is 1. The predicted molar refractivity (Wildman–Crippen MR) is 114 cm³/mol. The molecule has 0 unspecified atom stereocenters. The van der Waals surface area contributed by atoms with E-state index in [1.54, 1.807) is 26.6 Å². The Morgan fingerprint density at radius 1 is 0.759 bits per heavy atom. The number of aromatic amines is 1. The van der Waals surface area contributed by atoms with Gasteiger partial charge in [0, 0.05) is 29.1 Å². The normalized spacial score (nSPS) is 10.6. The fourth-order valence-corrected chi connectivity index (χ4v) is 3.34. The molecule has 0 radical (unpaired) electrons. The van der Waals surface area contributed by atoms with E-state index in [2.05, 4.69) is 9.97 Å². The van der Waals surface area contributed by atoms with Gasteiger partial charge in [-0.1, -0.05) is 30.3 Å². The topological polar surface area (TPSA) is 64.2 Å². The van der Waals surface area contributed by atoms with Crippen molar-refractivity contribution in [3.63, 3.8) is 0 Å². The lowest BCUT2D eigenvalue weighted by Crippen LogP contribution is -2.11. The fraction of sp³-hybridized carbons (Fsp3) is 0.0833. The molecule has 5 heteroatoms. The number of methoxy groups -OCH3 is 2. The van der Waals surface area contributed by atoms with Crippen molar-refractivity contribution in [3.8, 4) is 45.0 Å². The first-order valence-electron chi connectivity index (χ1n) is 9.17. The minimum Gasteiger partial charge on any atom is -0.497 e. The highest BCUT2D eigenvalue weighted by Crippen LogP contribution is 2.35. The van der Waals surface area contributed by atoms with Crippen LogP contribution in [0.25, 0.3) is 33.5 Å². The third kappa shape index (κ3) is 3.62. The molecule has 1 N–H and O–H groups in total. The van der Waals surface area contributed by atoms with Gasteiger partial charge in [0.1, 0.15) is 11.5 Å². The molecule has 2 heterocycles. The van der Waals surface area contributed by atoms with E-state index >= 15 is 0 Å². The van der Waals surface area contributed by atoms with Crippen LogP contribution in [0.4, 0.5) is 0 Å². The van der Waals surface area contributed by atoms with Crippen molar-refractivity contribution in [1.29, 1.82) is 0 Å². The molecule has 0 bridgehead atoms. The maximum atomic E-state index is 13.0. The second-order valence-electron chi connectivity index (χ2n) is 6.47. The molecule has 0 fully saturated rings. The summed E-state index contributed by atoms with van der Waals surface area (Å²) in [5, 5.41) is 0. The van der Waals surface area contributed by atoms with E-state index in [0.29, 0.717) is 11.3 Å². The van der Waals surface area contributed by atoms with Crippen molar-refractivity contribution in [3.05, 3.63) is 89.5 Å². The van der Waals surface area contributed by atoms with Crippen LogP contribution in [-0.4, -0.2) is 24.2 Å². The lowest BCUT2D eigenvalue weighted by atomic mass is 9.95. The summed E-state index contributed by atoms with van der Waals surface area (Å²) in [6, 6.07) is 20.9. The van der Waals surface area contributed by atoms with Gasteiger partial charge in [0.15, 0.2) is 0 Å². The third-order valence-corrected chi connectivity index (χ3v) is 4.81. The van der Waals surface area contributed by atoms with Gasteiger partial charge in [0.2, 0.25) is 0 Å². The largest absolute Gasteiger partial charge is 0.497 e. The van der Waals surface area contributed by atoms with Gasteiger partial charge in [-0.3, -0.25) is 9.78 Å². The highest BCUT2D eigenvalue weighted by Gasteiger charge is 2.16. The van der Waals surface area contributed by atoms with Crippen LogP contribution in [0, 0.1) is 0 Å². The Kier molecular flexibility index (Phi) is 5.12. The minimum atomic E-state index is -0.182. The number of para-hydroxylation sites is 1. The zero-order valence-electron chi connectivity index (χ0n) is 16.2. The molecule has 144 valence electrons. The number of H-pyrrole nitrogens is 1. The molecule has 0 aliphatic carbocycles. The van der Waals surface area contributed by atoms with Gasteiger partial charge >= 0.3 is 0 Å². The summed E-state index contributed by atoms with van der Waals surface area (Å²) in [5.41, 5.74) is 4.59. The zero-order valence-corrected chi connectivity index (χ0v) is 16.2. The Balaban J connectivity index is 1.98. The number of pyridine rings is 2. The van der Waals surface area contributed by atoms with E-state index in [1.807, 2.05) is 66.7 Å². The summed E-state index contributed by atoms with van der Waals surface area (Å²) in [5.74, 6) is 1.42. The lowest BCUT2D eigenvalue weighted by Gasteiger charge is -2.14. The van der Waals surface area contributed by atoms with Crippen LogP contribution in [0.15, 0.2) is 83.9 Å². The average molecular weight is 384 g/mol. The average Bonchev–Trinajstić information content (AvgIpc) is 2.79. The van der Waals surface area contributed by atoms with Crippen LogP contribution in [0.1, 0.15) is 0 Å². The van der Waals surface area contributed by atoms with Crippen LogP contribution >= 0.6 is 0 Å². The molecule has 2 aromatic heterocycles. The monoisotopic (exact) mass is 384 g/mol. The van der Waals surface area contributed by atoms with Crippen LogP contribution in [0.3, 0.4) is 0 Å². The summed E-state index contributed by atoms with van der Waals surface area (Å²) in [6.07, 6.45) is 3.42. The van der Waals surface area contributed by atoms with Gasteiger partial charge in [-0.15, -0.1) is 0 Å². The summed E-state index contributed by atoms with van der Waals surface area (Å²) in [4.78, 5) is 20.2. The van der Waals surface area contributed by atoms with E-state index in [1.165, 1.54) is 0 Å². The molecule has 29 heavy (non-hydrogen) atoms. The zero-order chi connectivity index (χ0) is 20.2. The van der Waals surface area contributed by atoms with Crippen molar-refractivity contribution >= 4 is 0 Å². The van der Waals surface area contributed by atoms with Gasteiger partial charge in [0.05, 0.1) is 25.5 Å². The van der Waals surface area contributed by atoms with Crippen LogP contribution in [-0.2, 0) is 0 Å². The second kappa shape index (κ2) is 8.02. The maximum absolute atomic E-state index is 13.0. The number of hydrogen-bond acceptors (Lipinski definition) is 4. The molecular weight excluding hydrogens is 364 g/mol. The highest BCUT2D eigenvalue weighted by atomic mass is 16.5. The first-order valence-corrected chi connectivity index (χ1v) is 9.17. The Morgan fingerprint density at radius 2 is 1.48 bits per heavy atom. The molecule has 5 nitrogen and oxygen atoms in total. The molecule has 0 spiro atoms. The molecule has 0 atom stereocenters. The molecule has 2 aromatic carbocycles. The standard InChI is InChI=1S/C24H20N2O3/c1-28-18-9-7-16(8-10-18)20-15-21(19-5-3-4-6-22(19)29-2)24(27)26-23(20)17-11-13-25-14-12-17/h3-15H,1-2H3,(H,26,27). The quantitative estimate of drug-likeness (QED) is 0.537. The van der Waals surface area contributed by atoms with Gasteiger partial charge in [0.25, 0.3) is 5.56 Å². The first kappa shape index (κ1) is 18.5. The molecule has 4 rings (SSSR count). The van der Waals surface area contributed by atoms with Crippen molar-refractivity contribution < 1.29 is 9.47 Å². The first-order chi connectivity index (χ1) is 14.2. The molecular formula is C24H20N2O3. The minimum absolute atomic E-state index is 0.182.